The van der Waals surface area contributed by atoms with Gasteiger partial charge in [0.15, 0.2) is 18.9 Å². The molecule has 2 aromatic carbocycles. The van der Waals surface area contributed by atoms with Crippen molar-refractivity contribution in [1.29, 1.82) is 0 Å². The van der Waals surface area contributed by atoms with Gasteiger partial charge in [0.1, 0.15) is 23.4 Å². The lowest BCUT2D eigenvalue weighted by atomic mass is 9.38. The molecule has 1 N–H and O–H groups in total. The Morgan fingerprint density at radius 3 is 2.45 bits per heavy atom. The zero-order valence-corrected chi connectivity index (χ0v) is 32.3. The summed E-state index contributed by atoms with van der Waals surface area (Å²) in [4.78, 5) is 28.0. The van der Waals surface area contributed by atoms with E-state index in [-0.39, 0.29) is 31.5 Å². The predicted octanol–water partition coefficient (Wildman–Crippen LogP) is 4.40. The molecule has 7 fully saturated rings. The molecule has 3 aliphatic carbocycles. The van der Waals surface area contributed by atoms with Crippen LogP contribution in [0.3, 0.4) is 0 Å². The summed E-state index contributed by atoms with van der Waals surface area (Å²) in [7, 11) is 4.60. The largest absolute Gasteiger partial charge is 0.497 e. The van der Waals surface area contributed by atoms with Crippen LogP contribution in [0, 0.1) is 34.0 Å². The first kappa shape index (κ1) is 36.9. The second-order valence-electron chi connectivity index (χ2n) is 17.2. The van der Waals surface area contributed by atoms with E-state index in [9.17, 15) is 14.7 Å². The number of carbonyl (C=O) groups is 2. The van der Waals surface area contributed by atoms with Crippen LogP contribution in [-0.2, 0) is 58.8 Å². The maximum Gasteiger partial charge on any atom is 0.317 e. The van der Waals surface area contributed by atoms with Gasteiger partial charge in [-0.25, -0.2) is 0 Å². The topological polar surface area (TPSA) is 147 Å². The molecule has 1 spiro atoms. The summed E-state index contributed by atoms with van der Waals surface area (Å²) in [6.45, 7) is 4.46. The van der Waals surface area contributed by atoms with E-state index in [4.69, 9.17) is 47.4 Å². The van der Waals surface area contributed by atoms with E-state index in [1.54, 1.807) is 14.2 Å². The summed E-state index contributed by atoms with van der Waals surface area (Å²) < 4.78 is 63.5. The standard InChI is InChI=1S/C43H50O13/c1-22-26-15-27(53-39-43(26,18-32(48-4)56-39)52-19-23-9-7-6-8-10-23)33(22)40(2)28-16-31(44)50-20-41(28)29-17-30(55-37(54-29)24-11-13-25(47-3)14-12-24)42(38(46)49-5)21-51-34(35(41)42)36(40)45/h6-14,26-30,32,34-37,39,45H,15-21H2,1-5H3/t26-,27+,28+,29+,30-,32+,34-,35-,36+,37?,39?,40-,41-,42+,43+/m1/s1. The minimum absolute atomic E-state index is 0.00210. The number of hydrogen-bond acceptors (Lipinski definition) is 13. The zero-order valence-electron chi connectivity index (χ0n) is 32.3. The molecular weight excluding hydrogens is 724 g/mol. The van der Waals surface area contributed by atoms with Crippen molar-refractivity contribution in [2.24, 2.45) is 34.0 Å². The Morgan fingerprint density at radius 1 is 0.946 bits per heavy atom. The SMILES string of the molecule is COC(=O)[C@@]12CO[C@H]3[C@H](O)[C@@](C)(C4=C(C)[C@H]5C[C@@H]4OC4O[C@H](OC)C[C@@]45OCc4ccccc4)[C@@H]4CC(=O)OC[C@@]4([C@@H]4C[C@H]1OC(c1ccc(OC)cc1)O4)[C@@H]32. The molecule has 4 bridgehead atoms. The van der Waals surface area contributed by atoms with Crippen LogP contribution in [0.5, 0.6) is 5.75 Å². The molecule has 300 valence electrons. The molecule has 10 rings (SSSR count). The maximum absolute atomic E-state index is 14.4. The van der Waals surface area contributed by atoms with Gasteiger partial charge in [-0.2, -0.15) is 0 Å². The van der Waals surface area contributed by atoms with Gasteiger partial charge in [-0.3, -0.25) is 9.59 Å². The third kappa shape index (κ3) is 4.77. The van der Waals surface area contributed by atoms with E-state index in [0.29, 0.717) is 31.6 Å². The molecule has 5 heterocycles. The molecule has 15 atom stereocenters. The third-order valence-corrected chi connectivity index (χ3v) is 15.2. The number of aliphatic hydroxyl groups excluding tert-OH is 1. The van der Waals surface area contributed by atoms with Crippen molar-refractivity contribution in [2.75, 3.05) is 34.5 Å². The van der Waals surface area contributed by atoms with E-state index in [2.05, 4.69) is 6.92 Å². The molecule has 13 nitrogen and oxygen atoms in total. The molecule has 0 aromatic heterocycles. The molecule has 13 heteroatoms. The first-order valence-corrected chi connectivity index (χ1v) is 19.8. The second-order valence-corrected chi connectivity index (χ2v) is 17.2. The Bertz CT molecular complexity index is 1920. The summed E-state index contributed by atoms with van der Waals surface area (Å²) in [5.41, 5.74) is -0.474. The number of aliphatic hydroxyl groups is 1. The maximum atomic E-state index is 14.4. The second kappa shape index (κ2) is 13.1. The Morgan fingerprint density at radius 2 is 1.71 bits per heavy atom. The number of rotatable bonds is 8. The summed E-state index contributed by atoms with van der Waals surface area (Å²) in [5, 5.41) is 13.0. The summed E-state index contributed by atoms with van der Waals surface area (Å²) in [5.74, 6) is -1.47. The molecule has 5 aliphatic heterocycles. The molecule has 0 radical (unpaired) electrons. The van der Waals surface area contributed by atoms with Crippen LogP contribution >= 0.6 is 0 Å². The van der Waals surface area contributed by atoms with Crippen LogP contribution in [0.25, 0.3) is 0 Å². The quantitative estimate of drug-likeness (QED) is 0.299. The Kier molecular flexibility index (Phi) is 8.60. The number of fused-ring (bicyclic) bond motifs is 7. The summed E-state index contributed by atoms with van der Waals surface area (Å²) in [6, 6.07) is 17.5. The molecule has 0 amide bonds. The van der Waals surface area contributed by atoms with E-state index >= 15 is 0 Å². The van der Waals surface area contributed by atoms with Crippen molar-refractivity contribution in [3.8, 4) is 5.75 Å². The fourth-order valence-electron chi connectivity index (χ4n) is 12.8. The number of hydrogen-bond donors (Lipinski definition) is 1. The summed E-state index contributed by atoms with van der Waals surface area (Å²) in [6.07, 6.45) is -4.28. The van der Waals surface area contributed by atoms with Crippen LogP contribution in [0.15, 0.2) is 65.7 Å². The van der Waals surface area contributed by atoms with Crippen LogP contribution in [0.4, 0.5) is 0 Å². The van der Waals surface area contributed by atoms with E-state index in [1.165, 1.54) is 7.11 Å². The lowest BCUT2D eigenvalue weighted by Crippen LogP contribution is -2.77. The Labute approximate surface area is 325 Å². The first-order valence-electron chi connectivity index (χ1n) is 19.8. The minimum atomic E-state index is -1.30. The molecule has 2 aromatic rings. The normalized spacial score (nSPS) is 45.8. The van der Waals surface area contributed by atoms with Crippen molar-refractivity contribution >= 4 is 11.9 Å². The van der Waals surface area contributed by atoms with Gasteiger partial charge in [0.2, 0.25) is 0 Å². The van der Waals surface area contributed by atoms with E-state index in [0.717, 1.165) is 22.3 Å². The average Bonchev–Trinajstić information content (AvgIpc) is 3.91. The van der Waals surface area contributed by atoms with Crippen molar-refractivity contribution in [1.82, 2.24) is 0 Å². The number of esters is 2. The lowest BCUT2D eigenvalue weighted by Gasteiger charge is -2.69. The van der Waals surface area contributed by atoms with Gasteiger partial charge >= 0.3 is 11.9 Å². The molecule has 2 saturated carbocycles. The molecule has 8 aliphatic rings. The van der Waals surface area contributed by atoms with Crippen molar-refractivity contribution in [2.45, 2.75) is 101 Å². The first-order chi connectivity index (χ1) is 27.0. The molecule has 56 heavy (non-hydrogen) atoms. The van der Waals surface area contributed by atoms with Crippen LogP contribution in [0.2, 0.25) is 0 Å². The van der Waals surface area contributed by atoms with Gasteiger partial charge in [-0.15, -0.1) is 0 Å². The minimum Gasteiger partial charge on any atom is -0.497 e. The van der Waals surface area contributed by atoms with Gasteiger partial charge in [-0.05, 0) is 42.5 Å². The highest BCUT2D eigenvalue weighted by Gasteiger charge is 2.82. The highest BCUT2D eigenvalue weighted by Crippen LogP contribution is 2.74. The molecule has 2 unspecified atom stereocenters. The van der Waals surface area contributed by atoms with Crippen LogP contribution < -0.4 is 4.74 Å². The fourth-order valence-corrected chi connectivity index (χ4v) is 12.8. The van der Waals surface area contributed by atoms with Gasteiger partial charge < -0.3 is 52.5 Å². The average molecular weight is 775 g/mol. The number of benzene rings is 2. The fraction of sp³-hybridized carbons (Fsp3) is 0.628. The van der Waals surface area contributed by atoms with Gasteiger partial charge in [0.25, 0.3) is 0 Å². The third-order valence-electron chi connectivity index (χ3n) is 15.2. The summed E-state index contributed by atoms with van der Waals surface area (Å²) >= 11 is 0. The van der Waals surface area contributed by atoms with E-state index < -0.39 is 89.0 Å². The predicted molar refractivity (Wildman–Crippen MR) is 193 cm³/mol. The smallest absolute Gasteiger partial charge is 0.317 e. The number of carbonyl (C=O) groups excluding carboxylic acids is 2. The van der Waals surface area contributed by atoms with Crippen LogP contribution in [0.1, 0.15) is 56.9 Å². The van der Waals surface area contributed by atoms with Gasteiger partial charge in [-0.1, -0.05) is 55.0 Å². The number of cyclic esters (lactones) is 1. The van der Waals surface area contributed by atoms with Gasteiger partial charge in [0.05, 0.1) is 64.4 Å². The highest BCUT2D eigenvalue weighted by molar-refractivity contribution is 5.80. The monoisotopic (exact) mass is 774 g/mol. The van der Waals surface area contributed by atoms with Crippen molar-refractivity contribution in [3.63, 3.8) is 0 Å². The van der Waals surface area contributed by atoms with Crippen molar-refractivity contribution in [3.05, 3.63) is 76.9 Å². The molecular formula is C43H50O13. The highest BCUT2D eigenvalue weighted by atomic mass is 16.8. The van der Waals surface area contributed by atoms with Crippen LogP contribution in [-0.4, -0.2) is 100 Å². The molecule has 5 saturated heterocycles. The van der Waals surface area contributed by atoms with Crippen molar-refractivity contribution < 1.29 is 62.1 Å². The Hall–Kier alpha value is -3.40. The Balaban J connectivity index is 1.10. The van der Waals surface area contributed by atoms with E-state index in [1.807, 2.05) is 61.5 Å². The lowest BCUT2D eigenvalue weighted by molar-refractivity contribution is -0.365. The van der Waals surface area contributed by atoms with Gasteiger partial charge in [0, 0.05) is 48.2 Å². The zero-order chi connectivity index (χ0) is 38.8. The number of ether oxygens (including phenoxy) is 10. The number of methoxy groups -OCH3 is 3.